The zero-order valence-corrected chi connectivity index (χ0v) is 14.4. The minimum atomic E-state index is -0.958. The molecule has 0 aliphatic heterocycles. The summed E-state index contributed by atoms with van der Waals surface area (Å²) in [4.78, 5) is 35.8. The summed E-state index contributed by atoms with van der Waals surface area (Å²) in [5.74, 6) is -2.34. The predicted molar refractivity (Wildman–Crippen MR) is 92.5 cm³/mol. The van der Waals surface area contributed by atoms with Crippen molar-refractivity contribution in [2.75, 3.05) is 6.54 Å². The third-order valence-corrected chi connectivity index (χ3v) is 4.03. The summed E-state index contributed by atoms with van der Waals surface area (Å²) in [6, 6.07) is 9.43. The Balaban J connectivity index is 2.85. The molecule has 0 aliphatic rings. The van der Waals surface area contributed by atoms with Gasteiger partial charge in [-0.25, -0.2) is 0 Å². The van der Waals surface area contributed by atoms with Crippen LogP contribution >= 0.6 is 0 Å². The first kappa shape index (κ1) is 20.0. The summed E-state index contributed by atoms with van der Waals surface area (Å²) in [5, 5.41) is 9.33. The van der Waals surface area contributed by atoms with Crippen LogP contribution in [-0.4, -0.2) is 29.2 Å². The Morgan fingerprint density at radius 1 is 1.04 bits per heavy atom. The normalized spacial score (nSPS) is 13.5. The van der Waals surface area contributed by atoms with Crippen LogP contribution in [-0.2, 0) is 20.8 Å². The number of hydrogen-bond acceptors (Lipinski definition) is 4. The Morgan fingerprint density at radius 3 is 2.17 bits per heavy atom. The maximum absolute atomic E-state index is 12.6. The SMILES string of the molecule is CC(C)CC(CC(=O)C(CC(=O)CN)Cc1ccccc1)C(=O)O. The first-order valence-corrected chi connectivity index (χ1v) is 8.34. The van der Waals surface area contributed by atoms with E-state index in [-0.39, 0.29) is 36.9 Å². The number of hydrogen-bond donors (Lipinski definition) is 2. The molecule has 0 fully saturated rings. The molecule has 0 spiro atoms. The van der Waals surface area contributed by atoms with Crippen LogP contribution in [0.1, 0.15) is 38.7 Å². The number of aliphatic carboxylic acids is 1. The second-order valence-corrected chi connectivity index (χ2v) is 6.67. The monoisotopic (exact) mass is 333 g/mol. The van der Waals surface area contributed by atoms with Gasteiger partial charge in [-0.05, 0) is 24.3 Å². The van der Waals surface area contributed by atoms with Gasteiger partial charge in [-0.1, -0.05) is 44.2 Å². The number of Topliss-reactive ketones (excluding diaryl/α,β-unsaturated/α-hetero) is 2. The second-order valence-electron chi connectivity index (χ2n) is 6.67. The van der Waals surface area contributed by atoms with E-state index in [4.69, 9.17) is 5.73 Å². The molecule has 0 radical (unpaired) electrons. The summed E-state index contributed by atoms with van der Waals surface area (Å²) < 4.78 is 0. The lowest BCUT2D eigenvalue weighted by atomic mass is 9.84. The summed E-state index contributed by atoms with van der Waals surface area (Å²) in [6.45, 7) is 3.76. The van der Waals surface area contributed by atoms with Gasteiger partial charge < -0.3 is 10.8 Å². The maximum Gasteiger partial charge on any atom is 0.306 e. The Kier molecular flexibility index (Phi) is 8.33. The lowest BCUT2D eigenvalue weighted by Gasteiger charge is -2.19. The van der Waals surface area contributed by atoms with Gasteiger partial charge in [-0.15, -0.1) is 0 Å². The van der Waals surface area contributed by atoms with Gasteiger partial charge in [0.25, 0.3) is 0 Å². The van der Waals surface area contributed by atoms with Crippen LogP contribution in [0.2, 0.25) is 0 Å². The fourth-order valence-electron chi connectivity index (χ4n) is 2.81. The lowest BCUT2D eigenvalue weighted by molar-refractivity contribution is -0.145. The fraction of sp³-hybridized carbons (Fsp3) is 0.526. The molecule has 2 unspecified atom stereocenters. The van der Waals surface area contributed by atoms with E-state index >= 15 is 0 Å². The molecule has 0 saturated carbocycles. The highest BCUT2D eigenvalue weighted by atomic mass is 16.4. The standard InChI is InChI=1S/C19H27NO4/c1-13(2)8-16(19(23)24)11-18(22)15(10-17(21)12-20)9-14-6-4-3-5-7-14/h3-7,13,15-16H,8-12,20H2,1-2H3,(H,23,24). The van der Waals surface area contributed by atoms with Gasteiger partial charge in [0.1, 0.15) is 11.6 Å². The van der Waals surface area contributed by atoms with E-state index in [0.29, 0.717) is 12.8 Å². The van der Waals surface area contributed by atoms with Crippen LogP contribution in [0.5, 0.6) is 0 Å². The van der Waals surface area contributed by atoms with E-state index in [9.17, 15) is 19.5 Å². The van der Waals surface area contributed by atoms with Gasteiger partial charge in [0.15, 0.2) is 0 Å². The van der Waals surface area contributed by atoms with E-state index in [1.807, 2.05) is 44.2 Å². The van der Waals surface area contributed by atoms with Crippen LogP contribution in [0, 0.1) is 17.8 Å². The van der Waals surface area contributed by atoms with Crippen LogP contribution < -0.4 is 5.73 Å². The van der Waals surface area contributed by atoms with Crippen LogP contribution in [0.25, 0.3) is 0 Å². The van der Waals surface area contributed by atoms with Gasteiger partial charge in [0, 0.05) is 18.8 Å². The number of benzene rings is 1. The molecule has 1 aromatic carbocycles. The van der Waals surface area contributed by atoms with Crippen molar-refractivity contribution in [3.8, 4) is 0 Å². The third kappa shape index (κ3) is 7.04. The Morgan fingerprint density at radius 2 is 1.67 bits per heavy atom. The largest absolute Gasteiger partial charge is 0.481 e. The zero-order chi connectivity index (χ0) is 18.1. The predicted octanol–water partition coefficient (Wildman–Crippen LogP) is 2.47. The molecule has 5 nitrogen and oxygen atoms in total. The van der Waals surface area contributed by atoms with E-state index < -0.39 is 17.8 Å². The highest BCUT2D eigenvalue weighted by molar-refractivity contribution is 5.90. The number of carboxylic acid groups (broad SMARTS) is 1. The summed E-state index contributed by atoms with van der Waals surface area (Å²) in [7, 11) is 0. The molecule has 2 atom stereocenters. The molecular formula is C19H27NO4. The second kappa shape index (κ2) is 9.98. The number of ketones is 2. The van der Waals surface area contributed by atoms with Crippen LogP contribution in [0.3, 0.4) is 0 Å². The Labute approximate surface area is 143 Å². The molecule has 1 rings (SSSR count). The molecule has 0 aromatic heterocycles. The highest BCUT2D eigenvalue weighted by Gasteiger charge is 2.28. The molecule has 132 valence electrons. The molecule has 5 heteroatoms. The molecule has 3 N–H and O–H groups in total. The first-order chi connectivity index (χ1) is 11.3. The van der Waals surface area contributed by atoms with E-state index in [1.165, 1.54) is 0 Å². The van der Waals surface area contributed by atoms with Crippen molar-refractivity contribution >= 4 is 17.5 Å². The molecule has 0 heterocycles. The van der Waals surface area contributed by atoms with Gasteiger partial charge in [0.2, 0.25) is 0 Å². The van der Waals surface area contributed by atoms with Gasteiger partial charge in [-0.3, -0.25) is 14.4 Å². The molecule has 0 saturated heterocycles. The van der Waals surface area contributed by atoms with Gasteiger partial charge in [0.05, 0.1) is 12.5 Å². The molecule has 0 aliphatic carbocycles. The van der Waals surface area contributed by atoms with Crippen molar-refractivity contribution in [2.24, 2.45) is 23.5 Å². The minimum Gasteiger partial charge on any atom is -0.481 e. The Hall–Kier alpha value is -2.01. The van der Waals surface area contributed by atoms with Gasteiger partial charge >= 0.3 is 5.97 Å². The topological polar surface area (TPSA) is 97.5 Å². The quantitative estimate of drug-likeness (QED) is 0.648. The smallest absolute Gasteiger partial charge is 0.306 e. The maximum atomic E-state index is 12.6. The van der Waals surface area contributed by atoms with E-state index in [2.05, 4.69) is 0 Å². The first-order valence-electron chi connectivity index (χ1n) is 8.34. The molecule has 0 bridgehead atoms. The lowest BCUT2D eigenvalue weighted by Crippen LogP contribution is -2.28. The molecule has 1 aromatic rings. The van der Waals surface area contributed by atoms with Crippen LogP contribution in [0.4, 0.5) is 0 Å². The Bertz CT molecular complexity index is 554. The summed E-state index contributed by atoms with van der Waals surface area (Å²) in [6.07, 6.45) is 0.907. The molecule has 24 heavy (non-hydrogen) atoms. The fourth-order valence-corrected chi connectivity index (χ4v) is 2.81. The number of carbonyl (C=O) groups is 3. The van der Waals surface area contributed by atoms with Gasteiger partial charge in [-0.2, -0.15) is 0 Å². The van der Waals surface area contributed by atoms with Crippen molar-refractivity contribution in [1.29, 1.82) is 0 Å². The zero-order valence-electron chi connectivity index (χ0n) is 14.4. The number of carboxylic acids is 1. The van der Waals surface area contributed by atoms with Crippen LogP contribution in [0.15, 0.2) is 30.3 Å². The minimum absolute atomic E-state index is 0.0388. The average molecular weight is 333 g/mol. The van der Waals surface area contributed by atoms with Crippen molar-refractivity contribution in [2.45, 2.75) is 39.5 Å². The van der Waals surface area contributed by atoms with E-state index in [1.54, 1.807) is 0 Å². The molecule has 0 amide bonds. The summed E-state index contributed by atoms with van der Waals surface area (Å²) in [5.41, 5.74) is 6.33. The third-order valence-electron chi connectivity index (χ3n) is 4.03. The van der Waals surface area contributed by atoms with E-state index in [0.717, 1.165) is 5.56 Å². The van der Waals surface area contributed by atoms with Crippen molar-refractivity contribution in [3.63, 3.8) is 0 Å². The van der Waals surface area contributed by atoms with Crippen molar-refractivity contribution in [1.82, 2.24) is 0 Å². The summed E-state index contributed by atoms with van der Waals surface area (Å²) >= 11 is 0. The van der Waals surface area contributed by atoms with Crippen molar-refractivity contribution in [3.05, 3.63) is 35.9 Å². The number of rotatable bonds is 11. The highest BCUT2D eigenvalue weighted by Crippen LogP contribution is 2.22. The van der Waals surface area contributed by atoms with Crippen molar-refractivity contribution < 1.29 is 19.5 Å². The number of nitrogens with two attached hydrogens (primary N) is 1. The average Bonchev–Trinajstić information content (AvgIpc) is 2.53. The molecular weight excluding hydrogens is 306 g/mol. The number of carbonyl (C=O) groups excluding carboxylic acids is 2.